The molecule has 0 heterocycles. The van der Waals surface area contributed by atoms with Gasteiger partial charge in [-0.15, -0.1) is 30.4 Å². The molecule has 0 amide bonds. The van der Waals surface area contributed by atoms with Crippen LogP contribution in [0.3, 0.4) is 0 Å². The fraction of sp³-hybridized carbons (Fsp3) is 0.700. The summed E-state index contributed by atoms with van der Waals surface area (Å²) in [5.41, 5.74) is 6.69. The van der Waals surface area contributed by atoms with Crippen LogP contribution in [-0.4, -0.2) is 5.54 Å². The summed E-state index contributed by atoms with van der Waals surface area (Å²) in [6.45, 7) is 11.8. The van der Waals surface area contributed by atoms with Crippen LogP contribution in [0, 0.1) is 20.8 Å². The Bertz CT molecular complexity index is 54.9. The van der Waals surface area contributed by atoms with E-state index in [9.17, 15) is 0 Å². The van der Waals surface area contributed by atoms with Crippen LogP contribution >= 0.6 is 24.8 Å². The SMILES string of the molecule is CC(C)(C)[NH-].C[C-](C)C.Cl.Cl.[CH3-].[CH3-].[Ti+4]. The first-order valence-electron chi connectivity index (χ1n) is 3.25. The zero-order valence-corrected chi connectivity index (χ0v) is 14.0. The van der Waals surface area contributed by atoms with Gasteiger partial charge in [-0.1, -0.05) is 20.8 Å². The third kappa shape index (κ3) is 1270. The molecule has 0 aliphatic carbocycles. The molecule has 0 spiro atoms. The standard InChI is InChI=1S/C4H10N.C4H9.2CH3.2ClH.Ti/c1-4(2,3)5;1-4(2)3;;;;;/h5H,1-3H3;1-3H3;2*1H3;2*1H;/q4*-1;;;+4. The van der Waals surface area contributed by atoms with Crippen LogP contribution in [0.25, 0.3) is 5.73 Å². The molecular formula is C10H27Cl2NTi. The van der Waals surface area contributed by atoms with Crippen molar-refractivity contribution in [2.75, 3.05) is 0 Å². The van der Waals surface area contributed by atoms with Gasteiger partial charge in [-0.3, -0.25) is 0 Å². The summed E-state index contributed by atoms with van der Waals surface area (Å²) >= 11 is 0. The minimum absolute atomic E-state index is 0. The van der Waals surface area contributed by atoms with Gasteiger partial charge in [-0.05, 0) is 0 Å². The second kappa shape index (κ2) is 23.8. The number of nitrogens with one attached hydrogen (secondary N) is 1. The minimum atomic E-state index is -0.250. The molecule has 0 fully saturated rings. The van der Waals surface area contributed by atoms with Gasteiger partial charge in [0.2, 0.25) is 0 Å². The molecule has 0 saturated carbocycles. The Labute approximate surface area is 120 Å². The van der Waals surface area contributed by atoms with Gasteiger partial charge >= 0.3 is 21.7 Å². The van der Waals surface area contributed by atoms with E-state index in [1.165, 1.54) is 5.92 Å². The second-order valence-corrected chi connectivity index (χ2v) is 3.75. The van der Waals surface area contributed by atoms with Crippen molar-refractivity contribution in [2.24, 2.45) is 0 Å². The molecule has 14 heavy (non-hydrogen) atoms. The van der Waals surface area contributed by atoms with Gasteiger partial charge in [0.25, 0.3) is 0 Å². The summed E-state index contributed by atoms with van der Waals surface area (Å²) < 4.78 is 0. The number of hydrogen-bond donors (Lipinski definition) is 0. The molecule has 0 atom stereocenters. The summed E-state index contributed by atoms with van der Waals surface area (Å²) in [7, 11) is 0. The molecule has 0 aliphatic heterocycles. The average Bonchev–Trinajstić information content (AvgIpc) is 1.19. The van der Waals surface area contributed by atoms with Crippen LogP contribution in [0.15, 0.2) is 0 Å². The first-order valence-corrected chi connectivity index (χ1v) is 3.25. The third-order valence-electron chi connectivity index (χ3n) is 0. The van der Waals surface area contributed by atoms with E-state index in [1.54, 1.807) is 0 Å². The van der Waals surface area contributed by atoms with E-state index in [-0.39, 0.29) is 66.9 Å². The van der Waals surface area contributed by atoms with E-state index in [0.717, 1.165) is 0 Å². The molecule has 0 radical (unpaired) electrons. The molecule has 90 valence electrons. The largest absolute Gasteiger partial charge is 4.00 e. The Morgan fingerprint density at radius 3 is 0.857 bits per heavy atom. The molecule has 4 heteroatoms. The molecule has 0 unspecified atom stereocenters. The summed E-state index contributed by atoms with van der Waals surface area (Å²) in [4.78, 5) is 0. The second-order valence-electron chi connectivity index (χ2n) is 3.75. The van der Waals surface area contributed by atoms with Crippen LogP contribution in [0.5, 0.6) is 0 Å². The Hall–Kier alpha value is 1.25. The average molecular weight is 280 g/mol. The Balaban J connectivity index is -0.0000000104. The van der Waals surface area contributed by atoms with Gasteiger partial charge in [-0.2, -0.15) is 20.8 Å². The molecule has 0 bridgehead atoms. The summed E-state index contributed by atoms with van der Waals surface area (Å²) in [5.74, 6) is 1.42. The molecule has 0 aromatic carbocycles. The fourth-order valence-corrected chi connectivity index (χ4v) is 0. The Kier molecular flexibility index (Phi) is 77.4. The van der Waals surface area contributed by atoms with E-state index in [4.69, 9.17) is 5.73 Å². The predicted molar refractivity (Wildman–Crippen MR) is 71.7 cm³/mol. The van der Waals surface area contributed by atoms with Crippen molar-refractivity contribution in [1.29, 1.82) is 0 Å². The van der Waals surface area contributed by atoms with Gasteiger partial charge in [0.05, 0.1) is 0 Å². The van der Waals surface area contributed by atoms with E-state index in [1.807, 2.05) is 20.8 Å². The summed E-state index contributed by atoms with van der Waals surface area (Å²) in [5, 5.41) is 0. The normalized spacial score (nSPS) is 6.86. The molecule has 0 aromatic rings. The molecular weight excluding hydrogens is 253 g/mol. The van der Waals surface area contributed by atoms with Crippen LogP contribution < -0.4 is 0 Å². The first kappa shape index (κ1) is 45.5. The van der Waals surface area contributed by atoms with Gasteiger partial charge in [0.15, 0.2) is 0 Å². The van der Waals surface area contributed by atoms with E-state index < -0.39 is 0 Å². The summed E-state index contributed by atoms with van der Waals surface area (Å²) in [6.07, 6.45) is 0. The van der Waals surface area contributed by atoms with Crippen molar-refractivity contribution in [3.63, 3.8) is 0 Å². The molecule has 0 aromatic heterocycles. The van der Waals surface area contributed by atoms with Gasteiger partial charge in [0, 0.05) is 0 Å². The van der Waals surface area contributed by atoms with Crippen molar-refractivity contribution in [3.8, 4) is 0 Å². The monoisotopic (exact) mass is 279 g/mol. The van der Waals surface area contributed by atoms with Crippen LogP contribution in [0.1, 0.15) is 41.5 Å². The smallest absolute Gasteiger partial charge is 0.673 e. The molecule has 1 nitrogen and oxygen atoms in total. The first-order chi connectivity index (χ1) is 3.73. The van der Waals surface area contributed by atoms with Crippen molar-refractivity contribution < 1.29 is 21.7 Å². The van der Waals surface area contributed by atoms with Crippen molar-refractivity contribution >= 4 is 24.8 Å². The zero-order valence-electron chi connectivity index (χ0n) is 10.8. The number of halogens is 2. The molecule has 0 aliphatic rings. The molecule has 0 rings (SSSR count). The van der Waals surface area contributed by atoms with Crippen LogP contribution in [0.4, 0.5) is 0 Å². The van der Waals surface area contributed by atoms with Crippen molar-refractivity contribution in [3.05, 3.63) is 26.5 Å². The maximum atomic E-state index is 6.94. The Morgan fingerprint density at radius 2 is 0.857 bits per heavy atom. The maximum Gasteiger partial charge on any atom is 4.00 e. The maximum absolute atomic E-state index is 6.94. The van der Waals surface area contributed by atoms with Crippen LogP contribution in [-0.2, 0) is 21.7 Å². The van der Waals surface area contributed by atoms with E-state index >= 15 is 0 Å². The topological polar surface area (TPSA) is 23.8 Å². The minimum Gasteiger partial charge on any atom is -0.673 e. The Morgan fingerprint density at radius 1 is 0.857 bits per heavy atom. The van der Waals surface area contributed by atoms with Gasteiger partial charge < -0.3 is 26.5 Å². The summed E-state index contributed by atoms with van der Waals surface area (Å²) in [6, 6.07) is 0. The van der Waals surface area contributed by atoms with Crippen molar-refractivity contribution in [2.45, 2.75) is 47.1 Å². The van der Waals surface area contributed by atoms with E-state index in [0.29, 0.717) is 0 Å². The van der Waals surface area contributed by atoms with Gasteiger partial charge in [-0.25, -0.2) is 0 Å². The number of rotatable bonds is 0. The predicted octanol–water partition coefficient (Wildman–Crippen LogP) is 5.20. The third-order valence-corrected chi connectivity index (χ3v) is 0. The molecule has 1 N–H and O–H groups in total. The fourth-order valence-electron chi connectivity index (χ4n) is 0. The quantitative estimate of drug-likeness (QED) is 0.430. The van der Waals surface area contributed by atoms with Crippen LogP contribution in [0.2, 0.25) is 0 Å². The van der Waals surface area contributed by atoms with E-state index in [2.05, 4.69) is 20.8 Å². The van der Waals surface area contributed by atoms with Crippen molar-refractivity contribution in [1.82, 2.24) is 0 Å². The number of hydrogen-bond acceptors (Lipinski definition) is 0. The molecule has 0 saturated heterocycles. The zero-order chi connectivity index (χ0) is 8.08. The van der Waals surface area contributed by atoms with Gasteiger partial charge in [0.1, 0.15) is 0 Å².